The van der Waals surface area contributed by atoms with E-state index in [1.54, 1.807) is 36.3 Å². The number of methoxy groups -OCH3 is 1. The van der Waals surface area contributed by atoms with Crippen LogP contribution < -0.4 is 20.5 Å². The standard InChI is InChI=1S/C17H17N7O2S.C6H12O/c1-24-8-11(7-20-24)22-17-19-4-3-10(21-17)9-26-12-5-13(25-2)15-14(6-12)27-16(18)23-15;7-6-4-2-1-3-5-6/h3-8H,9H2,1-2H3,(H2,18,23)(H,19,21,22);6-7H,1-5H2. The number of nitrogens with two attached hydrogens (primary N) is 1. The van der Waals surface area contributed by atoms with Crippen LogP contribution in [0.25, 0.3) is 10.2 Å². The van der Waals surface area contributed by atoms with Gasteiger partial charge in [0.25, 0.3) is 0 Å². The van der Waals surface area contributed by atoms with Crippen molar-refractivity contribution in [2.45, 2.75) is 44.8 Å². The Hall–Kier alpha value is -3.44. The minimum atomic E-state index is 0.0359. The van der Waals surface area contributed by atoms with Gasteiger partial charge in [0, 0.05) is 25.5 Å². The van der Waals surface area contributed by atoms with Crippen LogP contribution in [0.4, 0.5) is 16.8 Å². The maximum Gasteiger partial charge on any atom is 0.227 e. The van der Waals surface area contributed by atoms with Crippen LogP contribution in [0, 0.1) is 0 Å². The van der Waals surface area contributed by atoms with Gasteiger partial charge >= 0.3 is 0 Å². The molecule has 10 nitrogen and oxygen atoms in total. The van der Waals surface area contributed by atoms with E-state index >= 15 is 0 Å². The number of aryl methyl sites for hydroxylation is 1. The molecule has 0 aliphatic heterocycles. The molecule has 11 heteroatoms. The van der Waals surface area contributed by atoms with Gasteiger partial charge in [-0.15, -0.1) is 0 Å². The van der Waals surface area contributed by atoms with E-state index in [1.807, 2.05) is 19.3 Å². The van der Waals surface area contributed by atoms with Crippen molar-refractivity contribution in [1.29, 1.82) is 0 Å². The topological polar surface area (TPSA) is 133 Å². The fourth-order valence-corrected chi connectivity index (χ4v) is 4.40. The average molecular weight is 484 g/mol. The van der Waals surface area contributed by atoms with E-state index < -0.39 is 0 Å². The van der Waals surface area contributed by atoms with Crippen LogP contribution in [0.3, 0.4) is 0 Å². The molecule has 0 bridgehead atoms. The summed E-state index contributed by atoms with van der Waals surface area (Å²) in [5, 5.41) is 16.6. The second-order valence-electron chi connectivity index (χ2n) is 8.00. The van der Waals surface area contributed by atoms with Gasteiger partial charge in [-0.05, 0) is 25.0 Å². The predicted molar refractivity (Wildman–Crippen MR) is 133 cm³/mol. The van der Waals surface area contributed by atoms with Crippen molar-refractivity contribution in [3.8, 4) is 11.5 Å². The average Bonchev–Trinajstić information content (AvgIpc) is 3.42. The molecular weight excluding hydrogens is 454 g/mol. The summed E-state index contributed by atoms with van der Waals surface area (Å²) in [6.45, 7) is 0.285. The highest BCUT2D eigenvalue weighted by molar-refractivity contribution is 7.22. The number of nitrogens with one attached hydrogen (secondary N) is 1. The molecule has 1 aromatic carbocycles. The van der Waals surface area contributed by atoms with E-state index in [2.05, 4.69) is 25.4 Å². The van der Waals surface area contributed by atoms with Crippen LogP contribution in [0.2, 0.25) is 0 Å². The van der Waals surface area contributed by atoms with E-state index in [9.17, 15) is 0 Å². The molecule has 0 spiro atoms. The lowest BCUT2D eigenvalue weighted by Crippen LogP contribution is -2.09. The van der Waals surface area contributed by atoms with Gasteiger partial charge in [0.15, 0.2) is 5.13 Å². The summed E-state index contributed by atoms with van der Waals surface area (Å²) in [5.41, 5.74) is 8.07. The van der Waals surface area contributed by atoms with Crippen LogP contribution in [-0.4, -0.2) is 43.1 Å². The second-order valence-corrected chi connectivity index (χ2v) is 9.07. The number of hydrogen-bond donors (Lipinski definition) is 3. The largest absolute Gasteiger partial charge is 0.494 e. The van der Waals surface area contributed by atoms with Crippen molar-refractivity contribution in [3.05, 3.63) is 42.5 Å². The minimum absolute atomic E-state index is 0.0359. The first-order chi connectivity index (χ1) is 16.5. The highest BCUT2D eigenvalue weighted by Crippen LogP contribution is 2.35. The highest BCUT2D eigenvalue weighted by atomic mass is 32.1. The molecule has 1 aliphatic carbocycles. The van der Waals surface area contributed by atoms with Gasteiger partial charge in [0.1, 0.15) is 23.6 Å². The van der Waals surface area contributed by atoms with E-state index in [1.165, 1.54) is 30.6 Å². The molecule has 0 saturated heterocycles. The first-order valence-corrected chi connectivity index (χ1v) is 11.9. The molecule has 1 fully saturated rings. The number of thiazole rings is 1. The number of benzene rings is 1. The number of ether oxygens (including phenoxy) is 2. The molecule has 1 saturated carbocycles. The van der Waals surface area contributed by atoms with Gasteiger partial charge in [-0.25, -0.2) is 15.0 Å². The molecule has 5 rings (SSSR count). The number of aromatic nitrogens is 5. The Kier molecular flexibility index (Phi) is 7.76. The maximum absolute atomic E-state index is 8.91. The zero-order chi connectivity index (χ0) is 23.9. The lowest BCUT2D eigenvalue weighted by atomic mass is 9.98. The molecule has 180 valence electrons. The van der Waals surface area contributed by atoms with Crippen molar-refractivity contribution in [2.75, 3.05) is 18.2 Å². The Morgan fingerprint density at radius 2 is 2.06 bits per heavy atom. The predicted octanol–water partition coefficient (Wildman–Crippen LogP) is 4.04. The molecule has 4 aromatic rings. The SMILES string of the molecule is COc1cc(OCc2ccnc(Nc3cnn(C)c3)n2)cc2sc(N)nc12.OC1CCCCC1. The van der Waals surface area contributed by atoms with Gasteiger partial charge in [0.05, 0.1) is 35.5 Å². The molecule has 1 aliphatic rings. The minimum Gasteiger partial charge on any atom is -0.494 e. The zero-order valence-corrected chi connectivity index (χ0v) is 20.1. The third kappa shape index (κ3) is 6.33. The van der Waals surface area contributed by atoms with E-state index in [-0.39, 0.29) is 12.7 Å². The highest BCUT2D eigenvalue weighted by Gasteiger charge is 2.11. The molecule has 0 unspecified atom stereocenters. The third-order valence-corrected chi connectivity index (χ3v) is 6.14. The Bertz CT molecular complexity index is 1220. The van der Waals surface area contributed by atoms with Crippen LogP contribution in [0.1, 0.15) is 37.8 Å². The van der Waals surface area contributed by atoms with Crippen molar-refractivity contribution < 1.29 is 14.6 Å². The smallest absolute Gasteiger partial charge is 0.227 e. The molecule has 0 radical (unpaired) electrons. The van der Waals surface area contributed by atoms with Crippen molar-refractivity contribution in [3.63, 3.8) is 0 Å². The third-order valence-electron chi connectivity index (χ3n) is 5.31. The van der Waals surface area contributed by atoms with E-state index in [4.69, 9.17) is 20.3 Å². The summed E-state index contributed by atoms with van der Waals surface area (Å²) >= 11 is 1.39. The Labute approximate surface area is 201 Å². The molecule has 0 atom stereocenters. The fraction of sp³-hybridized carbons (Fsp3) is 0.391. The summed E-state index contributed by atoms with van der Waals surface area (Å²) in [6.07, 6.45) is 11.1. The molecule has 3 heterocycles. The number of hydrogen-bond acceptors (Lipinski definition) is 10. The number of aliphatic hydroxyl groups excluding tert-OH is 1. The summed E-state index contributed by atoms with van der Waals surface area (Å²) in [6, 6.07) is 5.48. The van der Waals surface area contributed by atoms with Gasteiger partial charge in [-0.1, -0.05) is 30.6 Å². The van der Waals surface area contributed by atoms with Gasteiger partial charge in [0.2, 0.25) is 5.95 Å². The second kappa shape index (κ2) is 11.1. The fourth-order valence-electron chi connectivity index (χ4n) is 3.62. The number of aliphatic hydroxyl groups is 1. The number of rotatable bonds is 6. The first-order valence-electron chi connectivity index (χ1n) is 11.1. The summed E-state index contributed by atoms with van der Waals surface area (Å²) < 4.78 is 13.9. The van der Waals surface area contributed by atoms with Crippen molar-refractivity contribution >= 4 is 38.3 Å². The van der Waals surface area contributed by atoms with Crippen LogP contribution in [-0.2, 0) is 13.7 Å². The van der Waals surface area contributed by atoms with Gasteiger partial charge < -0.3 is 25.6 Å². The summed E-state index contributed by atoms with van der Waals surface area (Å²) in [4.78, 5) is 12.9. The molecule has 34 heavy (non-hydrogen) atoms. The van der Waals surface area contributed by atoms with Crippen LogP contribution in [0.5, 0.6) is 11.5 Å². The van der Waals surface area contributed by atoms with Gasteiger partial charge in [-0.3, -0.25) is 4.68 Å². The monoisotopic (exact) mass is 483 g/mol. The normalized spacial score (nSPS) is 13.9. The van der Waals surface area contributed by atoms with E-state index in [0.29, 0.717) is 22.6 Å². The van der Waals surface area contributed by atoms with Crippen molar-refractivity contribution in [1.82, 2.24) is 24.7 Å². The first kappa shape index (κ1) is 23.7. The van der Waals surface area contributed by atoms with Gasteiger partial charge in [-0.2, -0.15) is 5.10 Å². The quantitative estimate of drug-likeness (QED) is 0.371. The molecule has 3 aromatic heterocycles. The number of anilines is 3. The van der Waals surface area contributed by atoms with Crippen LogP contribution >= 0.6 is 11.3 Å². The number of nitrogens with zero attached hydrogens (tertiary/aromatic N) is 5. The number of fused-ring (bicyclic) bond motifs is 1. The lowest BCUT2D eigenvalue weighted by Gasteiger charge is -2.14. The summed E-state index contributed by atoms with van der Waals surface area (Å²) in [5.74, 6) is 1.76. The van der Waals surface area contributed by atoms with E-state index in [0.717, 1.165) is 34.4 Å². The van der Waals surface area contributed by atoms with Crippen LogP contribution in [0.15, 0.2) is 36.8 Å². The zero-order valence-electron chi connectivity index (χ0n) is 19.3. The molecule has 0 amide bonds. The summed E-state index contributed by atoms with van der Waals surface area (Å²) in [7, 11) is 3.44. The Morgan fingerprint density at radius 1 is 1.24 bits per heavy atom. The Morgan fingerprint density at radius 3 is 2.74 bits per heavy atom. The Balaban J connectivity index is 0.000000336. The molecular formula is C23H29N7O3S. The number of nitrogen functional groups attached to an aromatic ring is 1. The van der Waals surface area contributed by atoms with Crippen molar-refractivity contribution in [2.24, 2.45) is 7.05 Å². The molecule has 4 N–H and O–H groups in total. The maximum atomic E-state index is 8.91. The lowest BCUT2D eigenvalue weighted by molar-refractivity contribution is 0.130.